The number of halogens is 1. The van der Waals surface area contributed by atoms with Crippen molar-refractivity contribution in [2.24, 2.45) is 0 Å². The quantitative estimate of drug-likeness (QED) is 0.796. The molecule has 1 nitrogen and oxygen atoms in total. The fourth-order valence-electron chi connectivity index (χ4n) is 1.40. The molecule has 0 spiro atoms. The molecule has 0 aromatic heterocycles. The summed E-state index contributed by atoms with van der Waals surface area (Å²) in [6.45, 7) is 6.91. The van der Waals surface area contributed by atoms with E-state index in [1.165, 1.54) is 10.0 Å². The Hall–Kier alpha value is -0.600. The summed E-state index contributed by atoms with van der Waals surface area (Å²) < 4.78 is 1.17. The zero-order valence-corrected chi connectivity index (χ0v) is 10.0. The van der Waals surface area contributed by atoms with E-state index in [0.29, 0.717) is 6.04 Å². The van der Waals surface area contributed by atoms with Gasteiger partial charge in [0.15, 0.2) is 0 Å². The third-order valence-electron chi connectivity index (χ3n) is 2.15. The van der Waals surface area contributed by atoms with Gasteiger partial charge in [0.2, 0.25) is 0 Å². The van der Waals surface area contributed by atoms with E-state index in [1.54, 1.807) is 0 Å². The van der Waals surface area contributed by atoms with Crippen LogP contribution in [0.3, 0.4) is 0 Å². The van der Waals surface area contributed by atoms with Crippen molar-refractivity contribution in [1.82, 2.24) is 5.32 Å². The molecule has 0 aliphatic rings. The summed E-state index contributed by atoms with van der Waals surface area (Å²) in [6.07, 6.45) is 2.95. The molecule has 0 saturated carbocycles. The topological polar surface area (TPSA) is 12.0 Å². The molecule has 2 heteroatoms. The number of hydrogen-bond donors (Lipinski definition) is 1. The van der Waals surface area contributed by atoms with E-state index in [2.05, 4.69) is 52.9 Å². The third-order valence-corrected chi connectivity index (χ3v) is 2.92. The van der Waals surface area contributed by atoms with Gasteiger partial charge in [-0.1, -0.05) is 47.1 Å². The van der Waals surface area contributed by atoms with Gasteiger partial charge in [0, 0.05) is 10.5 Å². The molecular formula is C12H16BrN. The van der Waals surface area contributed by atoms with E-state index in [-0.39, 0.29) is 0 Å². The van der Waals surface area contributed by atoms with E-state index in [9.17, 15) is 0 Å². The highest BCUT2D eigenvalue weighted by Gasteiger charge is 2.05. The summed E-state index contributed by atoms with van der Waals surface area (Å²) in [5, 5.41) is 3.37. The second kappa shape index (κ2) is 5.99. The normalized spacial score (nSPS) is 12.4. The lowest BCUT2D eigenvalue weighted by molar-refractivity contribution is 0.612. The Morgan fingerprint density at radius 3 is 2.79 bits per heavy atom. The van der Waals surface area contributed by atoms with Gasteiger partial charge in [0.1, 0.15) is 0 Å². The zero-order chi connectivity index (χ0) is 10.4. The zero-order valence-electron chi connectivity index (χ0n) is 8.46. The fraction of sp³-hybridized carbons (Fsp3) is 0.333. The lowest BCUT2D eigenvalue weighted by Crippen LogP contribution is -2.28. The maximum absolute atomic E-state index is 3.83. The van der Waals surface area contributed by atoms with E-state index in [1.807, 2.05) is 12.1 Å². The van der Waals surface area contributed by atoms with Crippen LogP contribution in [0.4, 0.5) is 0 Å². The third kappa shape index (κ3) is 3.28. The highest BCUT2D eigenvalue weighted by Crippen LogP contribution is 2.17. The van der Waals surface area contributed by atoms with E-state index in [4.69, 9.17) is 0 Å². The molecule has 1 aromatic carbocycles. The summed E-state index contributed by atoms with van der Waals surface area (Å²) in [7, 11) is 0. The van der Waals surface area contributed by atoms with E-state index >= 15 is 0 Å². The molecule has 0 heterocycles. The van der Waals surface area contributed by atoms with Crippen LogP contribution >= 0.6 is 15.9 Å². The van der Waals surface area contributed by atoms with Crippen molar-refractivity contribution in [3.05, 3.63) is 47.0 Å². The first-order valence-corrected chi connectivity index (χ1v) is 5.66. The van der Waals surface area contributed by atoms with Gasteiger partial charge in [0.25, 0.3) is 0 Å². The van der Waals surface area contributed by atoms with Crippen molar-refractivity contribution in [2.75, 3.05) is 6.54 Å². The largest absolute Gasteiger partial charge is 0.310 e. The molecule has 0 aliphatic carbocycles. The molecule has 1 atom stereocenters. The SMILES string of the molecule is C=CC(Cc1ccccc1Br)NCC. The predicted molar refractivity (Wildman–Crippen MR) is 65.5 cm³/mol. The monoisotopic (exact) mass is 253 g/mol. The van der Waals surface area contributed by atoms with Crippen LogP contribution in [0.15, 0.2) is 41.4 Å². The Balaban J connectivity index is 2.66. The Kier molecular flexibility index (Phi) is 4.91. The minimum atomic E-state index is 0.360. The van der Waals surface area contributed by atoms with E-state index < -0.39 is 0 Å². The van der Waals surface area contributed by atoms with Crippen molar-refractivity contribution in [1.29, 1.82) is 0 Å². The standard InChI is InChI=1S/C12H16BrN/c1-3-11(14-4-2)9-10-7-5-6-8-12(10)13/h3,5-8,11,14H,1,4,9H2,2H3. The molecule has 14 heavy (non-hydrogen) atoms. The van der Waals surface area contributed by atoms with Crippen molar-refractivity contribution < 1.29 is 0 Å². The first-order valence-electron chi connectivity index (χ1n) is 4.87. The molecule has 0 fully saturated rings. The van der Waals surface area contributed by atoms with Crippen LogP contribution in [0.2, 0.25) is 0 Å². The van der Waals surface area contributed by atoms with Gasteiger partial charge in [-0.3, -0.25) is 0 Å². The lowest BCUT2D eigenvalue weighted by atomic mass is 10.1. The average Bonchev–Trinajstić information content (AvgIpc) is 2.20. The summed E-state index contributed by atoms with van der Waals surface area (Å²) in [5.41, 5.74) is 1.32. The molecule has 1 aromatic rings. The van der Waals surface area contributed by atoms with Gasteiger partial charge in [-0.15, -0.1) is 6.58 Å². The number of hydrogen-bond acceptors (Lipinski definition) is 1. The molecule has 0 aliphatic heterocycles. The molecule has 1 unspecified atom stereocenters. The molecule has 1 rings (SSSR count). The molecule has 0 bridgehead atoms. The summed E-state index contributed by atoms with van der Waals surface area (Å²) in [6, 6.07) is 8.66. The molecule has 1 N–H and O–H groups in total. The van der Waals surface area contributed by atoms with Crippen LogP contribution in [0, 0.1) is 0 Å². The van der Waals surface area contributed by atoms with Gasteiger partial charge in [-0.05, 0) is 24.6 Å². The highest BCUT2D eigenvalue weighted by atomic mass is 79.9. The van der Waals surface area contributed by atoms with Gasteiger partial charge in [-0.25, -0.2) is 0 Å². The molecule has 0 saturated heterocycles. The van der Waals surface area contributed by atoms with Gasteiger partial charge < -0.3 is 5.32 Å². The molecule has 0 radical (unpaired) electrons. The number of benzene rings is 1. The summed E-state index contributed by atoms with van der Waals surface area (Å²) in [4.78, 5) is 0. The van der Waals surface area contributed by atoms with Crippen molar-refractivity contribution in [3.8, 4) is 0 Å². The number of nitrogens with one attached hydrogen (secondary N) is 1. The minimum absolute atomic E-state index is 0.360. The van der Waals surface area contributed by atoms with Crippen LogP contribution in [0.5, 0.6) is 0 Å². The van der Waals surface area contributed by atoms with Gasteiger partial charge >= 0.3 is 0 Å². The van der Waals surface area contributed by atoms with Crippen LogP contribution in [0.1, 0.15) is 12.5 Å². The van der Waals surface area contributed by atoms with Gasteiger partial charge in [0.05, 0.1) is 0 Å². The maximum atomic E-state index is 3.83. The maximum Gasteiger partial charge on any atom is 0.0288 e. The second-order valence-corrected chi connectivity index (χ2v) is 4.05. The average molecular weight is 254 g/mol. The second-order valence-electron chi connectivity index (χ2n) is 3.20. The fourth-order valence-corrected chi connectivity index (χ4v) is 1.85. The summed E-state index contributed by atoms with van der Waals surface area (Å²) >= 11 is 3.54. The molecule has 0 amide bonds. The van der Waals surface area contributed by atoms with Crippen LogP contribution < -0.4 is 5.32 Å². The summed E-state index contributed by atoms with van der Waals surface area (Å²) in [5.74, 6) is 0. The van der Waals surface area contributed by atoms with Crippen molar-refractivity contribution in [2.45, 2.75) is 19.4 Å². The minimum Gasteiger partial charge on any atom is -0.310 e. The smallest absolute Gasteiger partial charge is 0.0288 e. The molecule has 76 valence electrons. The van der Waals surface area contributed by atoms with Crippen LogP contribution in [-0.2, 0) is 6.42 Å². The van der Waals surface area contributed by atoms with Gasteiger partial charge in [-0.2, -0.15) is 0 Å². The van der Waals surface area contributed by atoms with Crippen LogP contribution in [0.25, 0.3) is 0 Å². The predicted octanol–water partition coefficient (Wildman–Crippen LogP) is 3.16. The number of rotatable bonds is 5. The number of likely N-dealkylation sites (N-methyl/N-ethyl adjacent to an activating group) is 1. The Bertz CT molecular complexity index is 296. The van der Waals surface area contributed by atoms with Crippen LogP contribution in [-0.4, -0.2) is 12.6 Å². The molecular weight excluding hydrogens is 238 g/mol. The van der Waals surface area contributed by atoms with Crippen molar-refractivity contribution in [3.63, 3.8) is 0 Å². The lowest BCUT2D eigenvalue weighted by Gasteiger charge is -2.14. The highest BCUT2D eigenvalue weighted by molar-refractivity contribution is 9.10. The van der Waals surface area contributed by atoms with Crippen molar-refractivity contribution >= 4 is 15.9 Å². The first-order chi connectivity index (χ1) is 6.77. The van der Waals surface area contributed by atoms with E-state index in [0.717, 1.165) is 13.0 Å². The first kappa shape index (κ1) is 11.5. The Labute approximate surface area is 94.3 Å². The Morgan fingerprint density at radius 2 is 2.21 bits per heavy atom. The Morgan fingerprint density at radius 1 is 1.50 bits per heavy atom.